The molecule has 18 heavy (non-hydrogen) atoms. The zero-order valence-electron chi connectivity index (χ0n) is 9.06. The number of benzene rings is 1. The normalized spacial score (nSPS) is 10.8. The van der Waals surface area contributed by atoms with Gasteiger partial charge in [-0.05, 0) is 24.3 Å². The van der Waals surface area contributed by atoms with E-state index >= 15 is 0 Å². The van der Waals surface area contributed by atoms with Gasteiger partial charge in [-0.2, -0.15) is 5.26 Å². The van der Waals surface area contributed by atoms with Crippen molar-refractivity contribution in [3.8, 4) is 6.07 Å². The Morgan fingerprint density at radius 3 is 2.50 bits per heavy atom. The number of nitrogens with zero attached hydrogens (tertiary/aromatic N) is 4. The predicted molar refractivity (Wildman–Crippen MR) is 63.5 cm³/mol. The van der Waals surface area contributed by atoms with E-state index < -0.39 is 9.84 Å². The Morgan fingerprint density at radius 1 is 1.33 bits per heavy atom. The van der Waals surface area contributed by atoms with Gasteiger partial charge in [0.15, 0.2) is 0 Å². The summed E-state index contributed by atoms with van der Waals surface area (Å²) in [5, 5.41) is 15.5. The molecule has 0 saturated heterocycles. The molecular weight excluding hydrogens is 250 g/mol. The van der Waals surface area contributed by atoms with Gasteiger partial charge in [0.1, 0.15) is 0 Å². The molecule has 0 aliphatic heterocycles. The smallest absolute Gasteiger partial charge is 0.227 e. The first-order chi connectivity index (χ1) is 8.57. The SMILES string of the molecule is [B][B]n1cc(S(=O)(=O)c2ccc(C#N)cc2)nn1. The summed E-state index contributed by atoms with van der Waals surface area (Å²) in [7, 11) is 2.54. The van der Waals surface area contributed by atoms with Crippen LogP contribution in [0.3, 0.4) is 0 Å². The summed E-state index contributed by atoms with van der Waals surface area (Å²) in [6, 6.07) is 7.45. The highest BCUT2D eigenvalue weighted by atomic mass is 32.2. The van der Waals surface area contributed by atoms with Gasteiger partial charge in [0, 0.05) is 13.9 Å². The van der Waals surface area contributed by atoms with Crippen molar-refractivity contribution in [1.29, 1.82) is 5.26 Å². The molecule has 2 rings (SSSR count). The van der Waals surface area contributed by atoms with Gasteiger partial charge in [-0.25, -0.2) is 8.42 Å². The molecule has 3 radical (unpaired) electrons. The van der Waals surface area contributed by atoms with E-state index in [9.17, 15) is 8.42 Å². The second-order valence-electron chi connectivity index (χ2n) is 3.33. The van der Waals surface area contributed by atoms with Crippen LogP contribution in [0, 0.1) is 11.3 Å². The first-order valence-corrected chi connectivity index (χ1v) is 6.28. The first kappa shape index (κ1) is 12.4. The maximum Gasteiger partial charge on any atom is 0.227 e. The third-order valence-electron chi connectivity index (χ3n) is 2.21. The Hall–Kier alpha value is -2.07. The predicted octanol–water partition coefficient (Wildman–Crippen LogP) is -0.467. The average molecular weight is 255 g/mol. The highest BCUT2D eigenvalue weighted by Crippen LogP contribution is 2.18. The Labute approximate surface area is 106 Å². The van der Waals surface area contributed by atoms with E-state index in [1.165, 1.54) is 30.5 Å². The van der Waals surface area contributed by atoms with Crippen LogP contribution in [0.5, 0.6) is 0 Å². The fourth-order valence-electron chi connectivity index (χ4n) is 1.29. The Bertz CT molecular complexity index is 703. The zero-order valence-corrected chi connectivity index (χ0v) is 9.87. The molecular formula is C9H5B2N4O2S. The minimum Gasteiger partial charge on any atom is -0.313 e. The van der Waals surface area contributed by atoms with E-state index in [2.05, 4.69) is 10.3 Å². The lowest BCUT2D eigenvalue weighted by Crippen LogP contribution is -2.06. The molecule has 0 bridgehead atoms. The van der Waals surface area contributed by atoms with E-state index in [0.717, 1.165) is 11.9 Å². The molecule has 0 unspecified atom stereocenters. The highest BCUT2D eigenvalue weighted by Gasteiger charge is 2.21. The van der Waals surface area contributed by atoms with Gasteiger partial charge in [-0.3, -0.25) is 0 Å². The molecule has 1 heterocycles. The van der Waals surface area contributed by atoms with E-state index in [1.54, 1.807) is 0 Å². The summed E-state index contributed by atoms with van der Waals surface area (Å²) >= 11 is 0. The van der Waals surface area contributed by atoms with Crippen molar-refractivity contribution < 1.29 is 8.42 Å². The van der Waals surface area contributed by atoms with Gasteiger partial charge < -0.3 is 4.59 Å². The summed E-state index contributed by atoms with van der Waals surface area (Å²) in [5.74, 6) is 0. The van der Waals surface area contributed by atoms with Crippen LogP contribution in [-0.4, -0.2) is 38.4 Å². The van der Waals surface area contributed by atoms with Gasteiger partial charge in [0.2, 0.25) is 22.2 Å². The average Bonchev–Trinajstić information content (AvgIpc) is 2.88. The van der Waals surface area contributed by atoms with Crippen molar-refractivity contribution in [1.82, 2.24) is 14.9 Å². The molecule has 85 valence electrons. The van der Waals surface area contributed by atoms with Crippen molar-refractivity contribution in [2.45, 2.75) is 9.92 Å². The van der Waals surface area contributed by atoms with Crippen LogP contribution < -0.4 is 0 Å². The number of hydrogen-bond donors (Lipinski definition) is 0. The fraction of sp³-hybridized carbons (Fsp3) is 0. The lowest BCUT2D eigenvalue weighted by Gasteiger charge is -1.99. The second kappa shape index (κ2) is 4.66. The number of hydrogen-bond acceptors (Lipinski definition) is 5. The number of sulfone groups is 1. The van der Waals surface area contributed by atoms with Crippen molar-refractivity contribution >= 4 is 24.9 Å². The largest absolute Gasteiger partial charge is 0.313 e. The molecule has 0 atom stereocenters. The zero-order chi connectivity index (χ0) is 13.2. The van der Waals surface area contributed by atoms with Crippen LogP contribution in [0.1, 0.15) is 5.56 Å². The number of rotatable bonds is 3. The maximum atomic E-state index is 12.1. The number of nitriles is 1. The van der Waals surface area contributed by atoms with Crippen LogP contribution >= 0.6 is 0 Å². The molecule has 0 aliphatic carbocycles. The molecule has 0 amide bonds. The topological polar surface area (TPSA) is 88.6 Å². The van der Waals surface area contributed by atoms with Crippen LogP contribution in [0.2, 0.25) is 0 Å². The van der Waals surface area contributed by atoms with Crippen LogP contribution in [0.15, 0.2) is 40.4 Å². The van der Waals surface area contributed by atoms with Gasteiger partial charge in [0.25, 0.3) is 0 Å². The summed E-state index contributed by atoms with van der Waals surface area (Å²) in [4.78, 5) is 0.0468. The highest BCUT2D eigenvalue weighted by molar-refractivity contribution is 7.91. The Kier molecular flexibility index (Phi) is 3.21. The molecule has 9 heteroatoms. The fourth-order valence-corrected chi connectivity index (χ4v) is 2.41. The minimum atomic E-state index is -3.73. The molecule has 0 spiro atoms. The van der Waals surface area contributed by atoms with E-state index in [-0.39, 0.29) is 9.92 Å². The molecule has 6 nitrogen and oxygen atoms in total. The molecule has 1 aromatic carbocycles. The van der Waals surface area contributed by atoms with Crippen LogP contribution in [0.4, 0.5) is 0 Å². The van der Waals surface area contributed by atoms with Gasteiger partial charge >= 0.3 is 0 Å². The Balaban J connectivity index is 2.44. The van der Waals surface area contributed by atoms with E-state index in [1.807, 2.05) is 6.07 Å². The Morgan fingerprint density at radius 2 is 2.00 bits per heavy atom. The van der Waals surface area contributed by atoms with Crippen molar-refractivity contribution in [2.75, 3.05) is 0 Å². The van der Waals surface area contributed by atoms with Gasteiger partial charge in [-0.1, -0.05) is 5.21 Å². The van der Waals surface area contributed by atoms with Crippen molar-refractivity contribution in [3.63, 3.8) is 0 Å². The van der Waals surface area contributed by atoms with Crippen molar-refractivity contribution in [3.05, 3.63) is 36.0 Å². The summed E-state index contributed by atoms with van der Waals surface area (Å²) in [5.41, 5.74) is 0.382. The second-order valence-corrected chi connectivity index (χ2v) is 5.22. The molecule has 0 fully saturated rings. The maximum absolute atomic E-state index is 12.1. The minimum absolute atomic E-state index is 0.0468. The summed E-state index contributed by atoms with van der Waals surface area (Å²) < 4.78 is 25.3. The summed E-state index contributed by atoms with van der Waals surface area (Å²) in [6.45, 7) is 0. The lowest BCUT2D eigenvalue weighted by atomic mass is 9.67. The van der Waals surface area contributed by atoms with Gasteiger partial charge in [-0.15, -0.1) is 5.10 Å². The van der Waals surface area contributed by atoms with E-state index in [4.69, 9.17) is 13.0 Å². The van der Waals surface area contributed by atoms with E-state index in [0.29, 0.717) is 5.56 Å². The van der Waals surface area contributed by atoms with Crippen LogP contribution in [-0.2, 0) is 9.84 Å². The standard InChI is InChI=1S/C9H5B2N4O2S/c10-11-15-6-9(13-14-15)18(16,17)8-3-1-7(5-12)2-4-8/h1-4,6H. The third-order valence-corrected chi connectivity index (χ3v) is 3.84. The quantitative estimate of drug-likeness (QED) is 0.692. The molecule has 0 aliphatic rings. The monoisotopic (exact) mass is 255 g/mol. The molecule has 1 aromatic heterocycles. The molecule has 0 saturated carbocycles. The number of aromatic nitrogens is 3. The summed E-state index contributed by atoms with van der Waals surface area (Å²) in [6.07, 6.45) is 1.20. The lowest BCUT2D eigenvalue weighted by molar-refractivity contribution is 0.592. The third kappa shape index (κ3) is 2.15. The molecule has 0 N–H and O–H groups in total. The van der Waals surface area contributed by atoms with Crippen molar-refractivity contribution in [2.24, 2.45) is 0 Å². The van der Waals surface area contributed by atoms with Gasteiger partial charge in [0.05, 0.1) is 16.5 Å². The first-order valence-electron chi connectivity index (χ1n) is 4.80. The van der Waals surface area contributed by atoms with Crippen LogP contribution in [0.25, 0.3) is 0 Å². The molecule has 2 aromatic rings.